The maximum Gasteiger partial charge on any atom is 0.123 e. The molecule has 0 saturated heterocycles. The number of hydrogen-bond acceptors (Lipinski definition) is 7. The van der Waals surface area contributed by atoms with E-state index in [1.165, 1.54) is 0 Å². The Kier molecular flexibility index (Phi) is 9.46. The van der Waals surface area contributed by atoms with Crippen molar-refractivity contribution in [3.05, 3.63) is 46.5 Å². The van der Waals surface area contributed by atoms with E-state index in [1.54, 1.807) is 14.2 Å². The molecule has 0 atom stereocenters. The maximum absolute atomic E-state index is 6.10. The summed E-state index contributed by atoms with van der Waals surface area (Å²) in [7, 11) is 3.35. The lowest BCUT2D eigenvalue weighted by atomic mass is 9.99. The molecular formula is C25H34O7. The van der Waals surface area contributed by atoms with Crippen LogP contribution < -0.4 is 18.9 Å². The lowest BCUT2D eigenvalue weighted by Gasteiger charge is -2.19. The van der Waals surface area contributed by atoms with Gasteiger partial charge in [-0.2, -0.15) is 0 Å². The molecule has 3 rings (SSSR count). The molecule has 176 valence electrons. The Morgan fingerprint density at radius 1 is 0.562 bits per heavy atom. The highest BCUT2D eigenvalue weighted by molar-refractivity contribution is 5.52. The van der Waals surface area contributed by atoms with Crippen LogP contribution in [0.15, 0.2) is 24.3 Å². The zero-order valence-corrected chi connectivity index (χ0v) is 19.5. The number of benzene rings is 2. The van der Waals surface area contributed by atoms with E-state index in [9.17, 15) is 0 Å². The maximum atomic E-state index is 6.10. The van der Waals surface area contributed by atoms with E-state index in [1.807, 2.05) is 38.1 Å². The van der Waals surface area contributed by atoms with Gasteiger partial charge < -0.3 is 33.2 Å². The van der Waals surface area contributed by atoms with Crippen LogP contribution >= 0.6 is 0 Å². The number of hydrogen-bond donors (Lipinski definition) is 0. The van der Waals surface area contributed by atoms with E-state index in [2.05, 4.69) is 0 Å². The average Bonchev–Trinajstić information content (AvgIpc) is 2.79. The Hall–Kier alpha value is -2.48. The van der Waals surface area contributed by atoms with Crippen molar-refractivity contribution in [2.75, 3.05) is 67.1 Å². The molecule has 0 spiro atoms. The summed E-state index contributed by atoms with van der Waals surface area (Å²) < 4.78 is 40.1. The third-order valence-corrected chi connectivity index (χ3v) is 5.25. The number of rotatable bonds is 2. The summed E-state index contributed by atoms with van der Waals surface area (Å²) in [5.41, 5.74) is 4.03. The molecule has 0 amide bonds. The molecule has 0 N–H and O–H groups in total. The van der Waals surface area contributed by atoms with Crippen LogP contribution in [0.2, 0.25) is 0 Å². The predicted molar refractivity (Wildman–Crippen MR) is 122 cm³/mol. The quantitative estimate of drug-likeness (QED) is 0.696. The fourth-order valence-corrected chi connectivity index (χ4v) is 3.56. The van der Waals surface area contributed by atoms with Crippen LogP contribution in [0.3, 0.4) is 0 Å². The zero-order chi connectivity index (χ0) is 22.8. The average molecular weight is 447 g/mol. The number of ether oxygens (including phenoxy) is 7. The fourth-order valence-electron chi connectivity index (χ4n) is 3.56. The molecule has 0 radical (unpaired) electrons. The topological polar surface area (TPSA) is 64.6 Å². The van der Waals surface area contributed by atoms with Gasteiger partial charge in [0.25, 0.3) is 0 Å². The van der Waals surface area contributed by atoms with Crippen LogP contribution in [0, 0.1) is 13.8 Å². The van der Waals surface area contributed by atoms with Crippen molar-refractivity contribution in [3.63, 3.8) is 0 Å². The smallest absolute Gasteiger partial charge is 0.123 e. The van der Waals surface area contributed by atoms with Crippen molar-refractivity contribution in [3.8, 4) is 23.0 Å². The number of aryl methyl sites for hydroxylation is 2. The third-order valence-electron chi connectivity index (χ3n) is 5.25. The van der Waals surface area contributed by atoms with Gasteiger partial charge in [0, 0.05) is 17.5 Å². The lowest BCUT2D eigenvalue weighted by Crippen LogP contribution is -2.15. The Balaban J connectivity index is 1.92. The van der Waals surface area contributed by atoms with Gasteiger partial charge in [0.2, 0.25) is 0 Å². The van der Waals surface area contributed by atoms with Crippen molar-refractivity contribution in [1.29, 1.82) is 0 Å². The van der Waals surface area contributed by atoms with Crippen molar-refractivity contribution < 1.29 is 33.2 Å². The van der Waals surface area contributed by atoms with Gasteiger partial charge in [-0.25, -0.2) is 0 Å². The molecule has 0 bridgehead atoms. The Bertz CT molecular complexity index is 796. The molecule has 0 aliphatic carbocycles. The van der Waals surface area contributed by atoms with Gasteiger partial charge >= 0.3 is 0 Å². The first-order chi connectivity index (χ1) is 15.6. The molecule has 2 aromatic rings. The molecular weight excluding hydrogens is 412 g/mol. The fraction of sp³-hybridized carbons (Fsp3) is 0.520. The molecule has 0 saturated carbocycles. The molecule has 0 aromatic heterocycles. The molecule has 0 unspecified atom stereocenters. The van der Waals surface area contributed by atoms with Gasteiger partial charge in [0.05, 0.1) is 53.9 Å². The molecule has 32 heavy (non-hydrogen) atoms. The van der Waals surface area contributed by atoms with Crippen molar-refractivity contribution >= 4 is 0 Å². The second kappa shape index (κ2) is 12.5. The second-order valence-electron chi connectivity index (χ2n) is 7.57. The van der Waals surface area contributed by atoms with Crippen LogP contribution in [0.1, 0.15) is 22.3 Å². The molecule has 1 aliphatic heterocycles. The van der Waals surface area contributed by atoms with Gasteiger partial charge in [-0.15, -0.1) is 0 Å². The Morgan fingerprint density at radius 2 is 0.938 bits per heavy atom. The first kappa shape index (κ1) is 24.2. The minimum Gasteiger partial charge on any atom is -0.496 e. The number of fused-ring (bicyclic) bond motifs is 2. The van der Waals surface area contributed by atoms with Crippen molar-refractivity contribution in [2.24, 2.45) is 0 Å². The SMILES string of the molecule is COc1cc2c(cc1C)OCCOCCOCCOCCOc1cc(C)c(OC)cc1C2. The summed E-state index contributed by atoms with van der Waals surface area (Å²) in [5, 5.41) is 0. The van der Waals surface area contributed by atoms with E-state index in [-0.39, 0.29) is 0 Å². The highest BCUT2D eigenvalue weighted by atomic mass is 16.6. The normalized spacial score (nSPS) is 16.4. The predicted octanol–water partition coefficient (Wildman–Crippen LogP) is 3.73. The summed E-state index contributed by atoms with van der Waals surface area (Å²) in [6.07, 6.45) is 0.605. The van der Waals surface area contributed by atoms with Crippen LogP contribution in [-0.4, -0.2) is 67.1 Å². The minimum atomic E-state index is 0.447. The molecule has 7 heteroatoms. The molecule has 7 nitrogen and oxygen atoms in total. The van der Waals surface area contributed by atoms with Crippen LogP contribution in [0.5, 0.6) is 23.0 Å². The van der Waals surface area contributed by atoms with E-state index >= 15 is 0 Å². The first-order valence-electron chi connectivity index (χ1n) is 11.0. The second-order valence-corrected chi connectivity index (χ2v) is 7.57. The molecule has 0 fully saturated rings. The van der Waals surface area contributed by atoms with Gasteiger partial charge in [-0.1, -0.05) is 0 Å². The number of methoxy groups -OCH3 is 2. The van der Waals surface area contributed by atoms with Crippen molar-refractivity contribution in [1.82, 2.24) is 0 Å². The van der Waals surface area contributed by atoms with E-state index in [4.69, 9.17) is 33.2 Å². The van der Waals surface area contributed by atoms with E-state index in [0.717, 1.165) is 45.3 Å². The van der Waals surface area contributed by atoms with Gasteiger partial charge in [0.15, 0.2) is 0 Å². The lowest BCUT2D eigenvalue weighted by molar-refractivity contribution is 0.00481. The largest absolute Gasteiger partial charge is 0.496 e. The summed E-state index contributed by atoms with van der Waals surface area (Å²) >= 11 is 0. The van der Waals surface area contributed by atoms with Crippen LogP contribution in [0.4, 0.5) is 0 Å². The summed E-state index contributed by atoms with van der Waals surface area (Å²) in [6.45, 7) is 7.97. The summed E-state index contributed by atoms with van der Waals surface area (Å²) in [5.74, 6) is 3.24. The van der Waals surface area contributed by atoms with E-state index < -0.39 is 0 Å². The minimum absolute atomic E-state index is 0.447. The van der Waals surface area contributed by atoms with Crippen LogP contribution in [-0.2, 0) is 20.6 Å². The highest BCUT2D eigenvalue weighted by Crippen LogP contribution is 2.35. The van der Waals surface area contributed by atoms with Crippen molar-refractivity contribution in [2.45, 2.75) is 20.3 Å². The molecule has 1 aliphatic rings. The zero-order valence-electron chi connectivity index (χ0n) is 19.5. The summed E-state index contributed by atoms with van der Waals surface area (Å²) in [4.78, 5) is 0. The first-order valence-corrected chi connectivity index (χ1v) is 11.0. The molecule has 2 aromatic carbocycles. The highest BCUT2D eigenvalue weighted by Gasteiger charge is 2.15. The van der Waals surface area contributed by atoms with Gasteiger partial charge in [0.1, 0.15) is 36.2 Å². The standard InChI is InChI=1S/C25H34O7/c1-18-13-24-20(16-22(18)26-3)15-21-17-23(27-4)19(2)14-25(21)32-12-10-30-8-6-28-5-7-29-9-11-31-24/h13-14,16-17H,5-12,15H2,1-4H3. The molecule has 1 heterocycles. The summed E-state index contributed by atoms with van der Waals surface area (Å²) in [6, 6.07) is 8.07. The van der Waals surface area contributed by atoms with Crippen LogP contribution in [0.25, 0.3) is 0 Å². The van der Waals surface area contributed by atoms with E-state index in [0.29, 0.717) is 59.3 Å². The Labute approximate surface area is 190 Å². The monoisotopic (exact) mass is 446 g/mol. The van der Waals surface area contributed by atoms with Gasteiger partial charge in [-0.3, -0.25) is 0 Å². The van der Waals surface area contributed by atoms with Gasteiger partial charge in [-0.05, 0) is 49.2 Å². The Morgan fingerprint density at radius 3 is 1.31 bits per heavy atom. The third kappa shape index (κ3) is 6.76.